The number of hydrogen-bond donors (Lipinski definition) is 2. The minimum atomic E-state index is 0.174. The molecule has 2 fully saturated rings. The lowest BCUT2D eigenvalue weighted by Gasteiger charge is -2.39. The number of fused-ring (bicyclic) bond motifs is 1. The van der Waals surface area contributed by atoms with E-state index in [-0.39, 0.29) is 11.8 Å². The molecule has 2 heterocycles. The van der Waals surface area contributed by atoms with Crippen LogP contribution in [0.25, 0.3) is 0 Å². The quantitative estimate of drug-likeness (QED) is 0.875. The molecule has 4 heteroatoms. The third kappa shape index (κ3) is 2.29. The molecule has 1 amide bonds. The third-order valence-electron chi connectivity index (χ3n) is 4.51. The van der Waals surface area contributed by atoms with Crippen molar-refractivity contribution in [3.63, 3.8) is 0 Å². The van der Waals surface area contributed by atoms with Gasteiger partial charge in [0.05, 0.1) is 12.0 Å². The Balaban J connectivity index is 1.93. The van der Waals surface area contributed by atoms with Gasteiger partial charge in [0.1, 0.15) is 0 Å². The van der Waals surface area contributed by atoms with E-state index in [0.29, 0.717) is 6.04 Å². The Hall–Kier alpha value is -1.55. The van der Waals surface area contributed by atoms with Crippen molar-refractivity contribution in [2.45, 2.75) is 32.4 Å². The molecule has 0 spiro atoms. The van der Waals surface area contributed by atoms with Crippen molar-refractivity contribution in [1.82, 2.24) is 10.6 Å². The molecule has 1 aromatic carbocycles. The Bertz CT molecular complexity index is 514. The third-order valence-corrected chi connectivity index (χ3v) is 4.51. The summed E-state index contributed by atoms with van der Waals surface area (Å²) in [4.78, 5) is 14.3. The van der Waals surface area contributed by atoms with E-state index < -0.39 is 0 Å². The van der Waals surface area contributed by atoms with E-state index in [1.807, 2.05) is 7.05 Å². The van der Waals surface area contributed by atoms with Gasteiger partial charge in [0.15, 0.2) is 0 Å². The van der Waals surface area contributed by atoms with Crippen LogP contribution < -0.4 is 15.5 Å². The highest BCUT2D eigenvalue weighted by molar-refractivity contribution is 5.83. The topological polar surface area (TPSA) is 44.4 Å². The second-order valence-electron chi connectivity index (χ2n) is 5.92. The van der Waals surface area contributed by atoms with E-state index in [0.717, 1.165) is 32.5 Å². The molecule has 3 rings (SSSR count). The van der Waals surface area contributed by atoms with Crippen molar-refractivity contribution in [3.05, 3.63) is 29.3 Å². The highest BCUT2D eigenvalue weighted by Gasteiger charge is 2.41. The Morgan fingerprint density at radius 2 is 2.30 bits per heavy atom. The molecule has 2 aliphatic heterocycles. The standard InChI is InChI=1S/C16H23N3O/c1-11-5-6-14(12(8-11)9-17-2)19-7-3-4-13-15(19)10-18-16(13)20/h5-6,8,13,15,17H,3-4,7,9-10H2,1-2H3,(H,18,20). The Morgan fingerprint density at radius 1 is 1.45 bits per heavy atom. The maximum Gasteiger partial charge on any atom is 0.225 e. The maximum atomic E-state index is 11.9. The SMILES string of the molecule is CNCc1cc(C)ccc1N1CCCC2C(=O)NCC21. The number of nitrogens with zero attached hydrogens (tertiary/aromatic N) is 1. The van der Waals surface area contributed by atoms with E-state index in [1.54, 1.807) is 0 Å². The van der Waals surface area contributed by atoms with Crippen molar-refractivity contribution >= 4 is 11.6 Å². The number of aryl methyl sites for hydroxylation is 1. The Labute approximate surface area is 120 Å². The summed E-state index contributed by atoms with van der Waals surface area (Å²) in [6.45, 7) is 4.83. The van der Waals surface area contributed by atoms with Crippen LogP contribution in [0.5, 0.6) is 0 Å². The average molecular weight is 273 g/mol. The highest BCUT2D eigenvalue weighted by Crippen LogP contribution is 2.33. The van der Waals surface area contributed by atoms with Crippen LogP contribution in [0.15, 0.2) is 18.2 Å². The summed E-state index contributed by atoms with van der Waals surface area (Å²) in [5.41, 5.74) is 3.90. The van der Waals surface area contributed by atoms with E-state index >= 15 is 0 Å². The van der Waals surface area contributed by atoms with Crippen molar-refractivity contribution in [2.75, 3.05) is 25.0 Å². The molecule has 1 aromatic rings. The molecule has 2 N–H and O–H groups in total. The van der Waals surface area contributed by atoms with Crippen LogP contribution in [-0.4, -0.2) is 32.1 Å². The van der Waals surface area contributed by atoms with Crippen LogP contribution in [0.1, 0.15) is 24.0 Å². The molecule has 2 atom stereocenters. The Morgan fingerprint density at radius 3 is 3.10 bits per heavy atom. The lowest BCUT2D eigenvalue weighted by molar-refractivity contribution is -0.122. The molecular weight excluding hydrogens is 250 g/mol. The summed E-state index contributed by atoms with van der Waals surface area (Å²) >= 11 is 0. The number of carbonyl (C=O) groups is 1. The lowest BCUT2D eigenvalue weighted by atomic mass is 9.90. The molecule has 2 aliphatic rings. The van der Waals surface area contributed by atoms with Crippen LogP contribution in [-0.2, 0) is 11.3 Å². The number of benzene rings is 1. The summed E-state index contributed by atoms with van der Waals surface area (Å²) in [5, 5.41) is 6.28. The van der Waals surface area contributed by atoms with E-state index in [2.05, 4.69) is 40.7 Å². The minimum Gasteiger partial charge on any atom is -0.366 e. The smallest absolute Gasteiger partial charge is 0.225 e. The number of nitrogens with one attached hydrogen (secondary N) is 2. The summed E-state index contributed by atoms with van der Waals surface area (Å²) in [6, 6.07) is 6.96. The van der Waals surface area contributed by atoms with Gasteiger partial charge in [-0.3, -0.25) is 4.79 Å². The van der Waals surface area contributed by atoms with Crippen LogP contribution in [0.3, 0.4) is 0 Å². The molecule has 2 saturated heterocycles. The van der Waals surface area contributed by atoms with Gasteiger partial charge in [-0.15, -0.1) is 0 Å². The average Bonchev–Trinajstić information content (AvgIpc) is 2.82. The monoisotopic (exact) mass is 273 g/mol. The molecule has 0 bridgehead atoms. The van der Waals surface area contributed by atoms with Gasteiger partial charge in [-0.05, 0) is 38.4 Å². The molecule has 0 aliphatic carbocycles. The number of amides is 1. The van der Waals surface area contributed by atoms with Crippen molar-refractivity contribution in [1.29, 1.82) is 0 Å². The van der Waals surface area contributed by atoms with Gasteiger partial charge in [-0.2, -0.15) is 0 Å². The highest BCUT2D eigenvalue weighted by atomic mass is 16.2. The van der Waals surface area contributed by atoms with Crippen LogP contribution in [0.2, 0.25) is 0 Å². The second-order valence-corrected chi connectivity index (χ2v) is 5.92. The first-order valence-electron chi connectivity index (χ1n) is 7.49. The van der Waals surface area contributed by atoms with Crippen LogP contribution in [0.4, 0.5) is 5.69 Å². The first kappa shape index (κ1) is 13.4. The van der Waals surface area contributed by atoms with Crippen molar-refractivity contribution in [3.8, 4) is 0 Å². The number of rotatable bonds is 3. The molecule has 2 unspecified atom stereocenters. The van der Waals surface area contributed by atoms with Crippen molar-refractivity contribution in [2.24, 2.45) is 5.92 Å². The van der Waals surface area contributed by atoms with E-state index in [9.17, 15) is 4.79 Å². The number of hydrogen-bond acceptors (Lipinski definition) is 3. The molecule has 0 aromatic heterocycles. The molecule has 0 saturated carbocycles. The van der Waals surface area contributed by atoms with Crippen LogP contribution >= 0.6 is 0 Å². The molecule has 0 radical (unpaired) electrons. The number of piperidine rings is 1. The zero-order chi connectivity index (χ0) is 14.1. The zero-order valence-corrected chi connectivity index (χ0v) is 12.3. The number of anilines is 1. The van der Waals surface area contributed by atoms with Gasteiger partial charge in [0.25, 0.3) is 0 Å². The zero-order valence-electron chi connectivity index (χ0n) is 12.3. The Kier molecular flexibility index (Phi) is 3.66. The predicted molar refractivity (Wildman–Crippen MR) is 80.8 cm³/mol. The summed E-state index contributed by atoms with van der Waals surface area (Å²) < 4.78 is 0. The lowest BCUT2D eigenvalue weighted by Crippen LogP contribution is -2.46. The molecule has 20 heavy (non-hydrogen) atoms. The normalized spacial score (nSPS) is 25.5. The van der Waals surface area contributed by atoms with Crippen LogP contribution in [0, 0.1) is 12.8 Å². The maximum absolute atomic E-state index is 11.9. The molecule has 108 valence electrons. The van der Waals surface area contributed by atoms with Gasteiger partial charge in [0, 0.05) is 25.3 Å². The van der Waals surface area contributed by atoms with Gasteiger partial charge in [-0.25, -0.2) is 0 Å². The first-order valence-corrected chi connectivity index (χ1v) is 7.49. The van der Waals surface area contributed by atoms with E-state index in [1.165, 1.54) is 16.8 Å². The minimum absolute atomic E-state index is 0.174. The van der Waals surface area contributed by atoms with Gasteiger partial charge >= 0.3 is 0 Å². The first-order chi connectivity index (χ1) is 9.70. The molecular formula is C16H23N3O. The summed E-state index contributed by atoms with van der Waals surface area (Å²) in [7, 11) is 1.98. The number of carbonyl (C=O) groups excluding carboxylic acids is 1. The van der Waals surface area contributed by atoms with E-state index in [4.69, 9.17) is 0 Å². The van der Waals surface area contributed by atoms with Gasteiger partial charge < -0.3 is 15.5 Å². The predicted octanol–water partition coefficient (Wildman–Crippen LogP) is 1.43. The summed E-state index contributed by atoms with van der Waals surface area (Å²) in [6.07, 6.45) is 2.13. The van der Waals surface area contributed by atoms with Crippen molar-refractivity contribution < 1.29 is 4.79 Å². The fourth-order valence-corrected chi connectivity index (χ4v) is 3.58. The van der Waals surface area contributed by atoms with Gasteiger partial charge in [-0.1, -0.05) is 17.7 Å². The fraction of sp³-hybridized carbons (Fsp3) is 0.562. The fourth-order valence-electron chi connectivity index (χ4n) is 3.58. The summed E-state index contributed by atoms with van der Waals surface area (Å²) in [5.74, 6) is 0.412. The largest absolute Gasteiger partial charge is 0.366 e. The second kappa shape index (κ2) is 5.44. The molecule has 4 nitrogen and oxygen atoms in total. The van der Waals surface area contributed by atoms with Gasteiger partial charge in [0.2, 0.25) is 5.91 Å².